The lowest BCUT2D eigenvalue weighted by Gasteiger charge is -2.33. The van der Waals surface area contributed by atoms with Crippen molar-refractivity contribution in [2.24, 2.45) is 0 Å². The Morgan fingerprint density at radius 2 is 1.83 bits per heavy atom. The summed E-state index contributed by atoms with van der Waals surface area (Å²) in [5, 5.41) is 3.24. The predicted octanol–water partition coefficient (Wildman–Crippen LogP) is 3.76. The maximum absolute atomic E-state index is 13.7. The molecule has 10 heteroatoms. The van der Waals surface area contributed by atoms with Gasteiger partial charge in [-0.2, -0.15) is 0 Å². The van der Waals surface area contributed by atoms with E-state index in [2.05, 4.69) is 5.32 Å². The van der Waals surface area contributed by atoms with Gasteiger partial charge < -0.3 is 15.0 Å². The van der Waals surface area contributed by atoms with E-state index in [1.54, 1.807) is 50.4 Å². The molecule has 0 radical (unpaired) electrons. The minimum Gasteiger partial charge on any atom is -0.497 e. The van der Waals surface area contributed by atoms with Crippen LogP contribution in [0.1, 0.15) is 37.8 Å². The molecule has 0 aliphatic carbocycles. The molecule has 1 unspecified atom stereocenters. The van der Waals surface area contributed by atoms with Crippen LogP contribution in [-0.2, 0) is 26.2 Å². The number of nitrogens with one attached hydrogen (secondary N) is 1. The Kier molecular flexibility index (Phi) is 10.4. The van der Waals surface area contributed by atoms with E-state index in [1.807, 2.05) is 19.9 Å². The molecule has 0 saturated carbocycles. The Morgan fingerprint density at radius 1 is 1.14 bits per heavy atom. The SMILES string of the molecule is CCCNC(=O)C(CC)N(Cc1cccc(OC)c1)C(=O)CN(c1cccc(Cl)c1C)S(C)(=O)=O. The highest BCUT2D eigenvalue weighted by Gasteiger charge is 2.32. The topological polar surface area (TPSA) is 96.0 Å². The number of ether oxygens (including phenoxy) is 1. The van der Waals surface area contributed by atoms with E-state index in [-0.39, 0.29) is 12.5 Å². The van der Waals surface area contributed by atoms with Crippen molar-refractivity contribution in [3.63, 3.8) is 0 Å². The highest BCUT2D eigenvalue weighted by Crippen LogP contribution is 2.28. The molecule has 2 aromatic carbocycles. The number of benzene rings is 2. The number of methoxy groups -OCH3 is 1. The van der Waals surface area contributed by atoms with Crippen LogP contribution < -0.4 is 14.4 Å². The normalized spacial score (nSPS) is 12.1. The van der Waals surface area contributed by atoms with Crippen molar-refractivity contribution in [2.45, 2.75) is 46.2 Å². The first-order valence-corrected chi connectivity index (χ1v) is 13.7. The van der Waals surface area contributed by atoms with E-state index in [1.165, 1.54) is 4.90 Å². The monoisotopic (exact) mass is 523 g/mol. The largest absolute Gasteiger partial charge is 0.497 e. The molecule has 35 heavy (non-hydrogen) atoms. The molecular formula is C25H34ClN3O5S. The number of halogens is 1. The van der Waals surface area contributed by atoms with Crippen molar-refractivity contribution in [3.05, 3.63) is 58.6 Å². The van der Waals surface area contributed by atoms with Gasteiger partial charge in [0.1, 0.15) is 18.3 Å². The summed E-state index contributed by atoms with van der Waals surface area (Å²) in [5.74, 6) is -0.169. The molecule has 0 aliphatic rings. The predicted molar refractivity (Wildman–Crippen MR) is 139 cm³/mol. The average Bonchev–Trinajstić information content (AvgIpc) is 2.82. The smallest absolute Gasteiger partial charge is 0.244 e. The fourth-order valence-electron chi connectivity index (χ4n) is 3.71. The second-order valence-electron chi connectivity index (χ2n) is 8.24. The molecule has 0 bridgehead atoms. The summed E-state index contributed by atoms with van der Waals surface area (Å²) in [4.78, 5) is 28.1. The van der Waals surface area contributed by atoms with E-state index in [4.69, 9.17) is 16.3 Å². The number of sulfonamides is 1. The fourth-order valence-corrected chi connectivity index (χ4v) is 4.78. The number of nitrogens with zero attached hydrogens (tertiary/aromatic N) is 2. The van der Waals surface area contributed by atoms with Crippen LogP contribution in [0.5, 0.6) is 5.75 Å². The molecule has 192 valence electrons. The van der Waals surface area contributed by atoms with Crippen LogP contribution in [0.2, 0.25) is 5.02 Å². The first kappa shape index (κ1) is 28.5. The summed E-state index contributed by atoms with van der Waals surface area (Å²) in [6, 6.07) is 11.3. The van der Waals surface area contributed by atoms with Crippen LogP contribution in [0.3, 0.4) is 0 Å². The average molecular weight is 524 g/mol. The van der Waals surface area contributed by atoms with Gasteiger partial charge in [0.15, 0.2) is 0 Å². The zero-order chi connectivity index (χ0) is 26.2. The van der Waals surface area contributed by atoms with Crippen LogP contribution in [0.4, 0.5) is 5.69 Å². The number of carbonyl (C=O) groups is 2. The van der Waals surface area contributed by atoms with E-state index >= 15 is 0 Å². The third kappa shape index (κ3) is 7.60. The summed E-state index contributed by atoms with van der Waals surface area (Å²) in [6.07, 6.45) is 2.15. The maximum Gasteiger partial charge on any atom is 0.244 e. The Labute approximate surface area is 213 Å². The van der Waals surface area contributed by atoms with Crippen molar-refractivity contribution in [2.75, 3.05) is 30.8 Å². The zero-order valence-corrected chi connectivity index (χ0v) is 22.4. The molecule has 0 heterocycles. The minimum absolute atomic E-state index is 0.111. The van der Waals surface area contributed by atoms with Gasteiger partial charge in [0.05, 0.1) is 19.1 Å². The molecule has 0 aliphatic heterocycles. The Hall–Kier alpha value is -2.78. The van der Waals surface area contributed by atoms with Crippen molar-refractivity contribution in [1.82, 2.24) is 10.2 Å². The summed E-state index contributed by atoms with van der Waals surface area (Å²) in [7, 11) is -2.28. The third-order valence-electron chi connectivity index (χ3n) is 5.61. The van der Waals surface area contributed by atoms with E-state index in [0.29, 0.717) is 35.0 Å². The lowest BCUT2D eigenvalue weighted by atomic mass is 10.1. The summed E-state index contributed by atoms with van der Waals surface area (Å²) in [6.45, 7) is 5.58. The molecule has 0 spiro atoms. The lowest BCUT2D eigenvalue weighted by molar-refractivity contribution is -0.140. The van der Waals surface area contributed by atoms with Gasteiger partial charge in [-0.1, -0.05) is 43.6 Å². The van der Waals surface area contributed by atoms with Crippen molar-refractivity contribution in [3.8, 4) is 5.75 Å². The van der Waals surface area contributed by atoms with Gasteiger partial charge in [-0.05, 0) is 55.2 Å². The van der Waals surface area contributed by atoms with Crippen molar-refractivity contribution >= 4 is 39.1 Å². The molecule has 1 N–H and O–H groups in total. The van der Waals surface area contributed by atoms with Crippen LogP contribution in [0.15, 0.2) is 42.5 Å². The Morgan fingerprint density at radius 3 is 2.43 bits per heavy atom. The second-order valence-corrected chi connectivity index (χ2v) is 10.6. The highest BCUT2D eigenvalue weighted by molar-refractivity contribution is 7.92. The minimum atomic E-state index is -3.83. The van der Waals surface area contributed by atoms with Gasteiger partial charge >= 0.3 is 0 Å². The zero-order valence-electron chi connectivity index (χ0n) is 20.9. The van der Waals surface area contributed by atoms with E-state index in [9.17, 15) is 18.0 Å². The Balaban J connectivity index is 2.48. The molecule has 0 aromatic heterocycles. The fraction of sp³-hybridized carbons (Fsp3) is 0.440. The second kappa shape index (κ2) is 12.8. The number of anilines is 1. The summed E-state index contributed by atoms with van der Waals surface area (Å²) >= 11 is 6.22. The summed E-state index contributed by atoms with van der Waals surface area (Å²) < 4.78 is 31.8. The van der Waals surface area contributed by atoms with Crippen LogP contribution in [0.25, 0.3) is 0 Å². The highest BCUT2D eigenvalue weighted by atomic mass is 35.5. The Bertz CT molecular complexity index is 1140. The molecule has 2 rings (SSSR count). The molecular weight excluding hydrogens is 490 g/mol. The number of carbonyl (C=O) groups excluding carboxylic acids is 2. The third-order valence-corrected chi connectivity index (χ3v) is 7.15. The molecule has 8 nitrogen and oxygen atoms in total. The number of amides is 2. The van der Waals surface area contributed by atoms with Gasteiger partial charge in [-0.25, -0.2) is 8.42 Å². The van der Waals surface area contributed by atoms with Crippen molar-refractivity contribution in [1.29, 1.82) is 0 Å². The standard InChI is InChI=1S/C25H34ClN3O5S/c1-6-14-27-25(31)22(7-2)28(16-19-10-8-11-20(15-19)34-4)24(30)17-29(35(5,32)33)23-13-9-12-21(26)18(23)3/h8-13,15,22H,6-7,14,16-17H2,1-5H3,(H,27,31). The number of hydrogen-bond acceptors (Lipinski definition) is 5. The first-order chi connectivity index (χ1) is 16.5. The van der Waals surface area contributed by atoms with Gasteiger partial charge in [0.2, 0.25) is 21.8 Å². The van der Waals surface area contributed by atoms with Crippen LogP contribution in [0, 0.1) is 6.92 Å². The van der Waals surface area contributed by atoms with Gasteiger partial charge in [-0.3, -0.25) is 13.9 Å². The molecule has 1 atom stereocenters. The molecule has 2 aromatic rings. The van der Waals surface area contributed by atoms with Crippen LogP contribution >= 0.6 is 11.6 Å². The van der Waals surface area contributed by atoms with E-state index in [0.717, 1.165) is 22.5 Å². The molecule has 2 amide bonds. The maximum atomic E-state index is 13.7. The van der Waals surface area contributed by atoms with Crippen molar-refractivity contribution < 1.29 is 22.7 Å². The van der Waals surface area contributed by atoms with Gasteiger partial charge in [0.25, 0.3) is 0 Å². The van der Waals surface area contributed by atoms with Gasteiger partial charge in [-0.15, -0.1) is 0 Å². The van der Waals surface area contributed by atoms with Gasteiger partial charge in [0, 0.05) is 18.1 Å². The lowest BCUT2D eigenvalue weighted by Crippen LogP contribution is -2.52. The summed E-state index contributed by atoms with van der Waals surface area (Å²) in [5.41, 5.74) is 1.61. The first-order valence-electron chi connectivity index (χ1n) is 11.5. The molecule has 0 saturated heterocycles. The number of hydrogen-bond donors (Lipinski definition) is 1. The quantitative estimate of drug-likeness (QED) is 0.457. The van der Waals surface area contributed by atoms with E-state index < -0.39 is 28.5 Å². The number of rotatable bonds is 12. The van der Waals surface area contributed by atoms with Crippen LogP contribution in [-0.4, -0.2) is 57.6 Å². The molecule has 0 fully saturated rings.